The summed E-state index contributed by atoms with van der Waals surface area (Å²) >= 11 is 0. The van der Waals surface area contributed by atoms with Crippen molar-refractivity contribution in [3.05, 3.63) is 28.3 Å². The van der Waals surface area contributed by atoms with Crippen molar-refractivity contribution in [3.8, 4) is 0 Å². The summed E-state index contributed by atoms with van der Waals surface area (Å²) in [6.07, 6.45) is 3.63. The normalized spacial score (nSPS) is 23.1. The SMILES string of the molecule is CC1(C)CC(=O)/C(=C(/O)CCc2noc3c2C(=O)CCC3)C(=NC(C)(C)C)C1. The third-order valence-corrected chi connectivity index (χ3v) is 5.13. The van der Waals surface area contributed by atoms with Gasteiger partial charge >= 0.3 is 0 Å². The van der Waals surface area contributed by atoms with Gasteiger partial charge in [0, 0.05) is 32.1 Å². The molecule has 1 heterocycles. The predicted octanol–water partition coefficient (Wildman–Crippen LogP) is 4.57. The number of ketones is 2. The van der Waals surface area contributed by atoms with E-state index in [1.807, 2.05) is 34.6 Å². The lowest BCUT2D eigenvalue weighted by molar-refractivity contribution is -0.117. The Morgan fingerprint density at radius 2 is 1.89 bits per heavy atom. The number of hydrogen-bond donors (Lipinski definition) is 1. The molecule has 0 aromatic carbocycles. The van der Waals surface area contributed by atoms with Crippen LogP contribution in [-0.4, -0.2) is 33.1 Å². The lowest BCUT2D eigenvalue weighted by Gasteiger charge is -2.32. The number of aliphatic hydroxyl groups excluding tert-OH is 1. The Morgan fingerprint density at radius 1 is 1.18 bits per heavy atom. The van der Waals surface area contributed by atoms with Crippen LogP contribution < -0.4 is 0 Å². The number of rotatable bonds is 3. The molecule has 152 valence electrons. The zero-order chi connectivity index (χ0) is 20.7. The van der Waals surface area contributed by atoms with Crippen molar-refractivity contribution in [2.45, 2.75) is 85.1 Å². The van der Waals surface area contributed by atoms with Gasteiger partial charge in [0.25, 0.3) is 0 Å². The van der Waals surface area contributed by atoms with Crippen molar-refractivity contribution >= 4 is 17.3 Å². The monoisotopic (exact) mass is 386 g/mol. The Bertz CT molecular complexity index is 866. The molecule has 0 radical (unpaired) electrons. The molecule has 2 aliphatic rings. The Morgan fingerprint density at radius 3 is 2.57 bits per heavy atom. The molecule has 28 heavy (non-hydrogen) atoms. The maximum atomic E-state index is 12.8. The van der Waals surface area contributed by atoms with Gasteiger partial charge in [-0.2, -0.15) is 0 Å². The molecule has 0 aliphatic heterocycles. The zero-order valence-corrected chi connectivity index (χ0v) is 17.5. The molecule has 1 aromatic heterocycles. The van der Waals surface area contributed by atoms with Crippen molar-refractivity contribution in [3.63, 3.8) is 0 Å². The van der Waals surface area contributed by atoms with Gasteiger partial charge in [0.2, 0.25) is 0 Å². The van der Waals surface area contributed by atoms with Crippen LogP contribution in [0.1, 0.15) is 88.5 Å². The molecule has 0 bridgehead atoms. The van der Waals surface area contributed by atoms with Crippen LogP contribution in [-0.2, 0) is 17.6 Å². The van der Waals surface area contributed by atoms with E-state index in [0.717, 1.165) is 12.8 Å². The van der Waals surface area contributed by atoms with Crippen molar-refractivity contribution in [2.75, 3.05) is 0 Å². The summed E-state index contributed by atoms with van der Waals surface area (Å²) < 4.78 is 5.31. The molecule has 2 aliphatic carbocycles. The molecule has 6 nitrogen and oxygen atoms in total. The Labute approximate surface area is 166 Å². The number of fused-ring (bicyclic) bond motifs is 1. The largest absolute Gasteiger partial charge is 0.511 e. The zero-order valence-electron chi connectivity index (χ0n) is 17.5. The number of carbonyl (C=O) groups excluding carboxylic acids is 2. The maximum Gasteiger partial charge on any atom is 0.168 e. The van der Waals surface area contributed by atoms with Gasteiger partial charge in [-0.25, -0.2) is 0 Å². The van der Waals surface area contributed by atoms with Crippen LogP contribution in [0.2, 0.25) is 0 Å². The fraction of sp³-hybridized carbons (Fsp3) is 0.636. The minimum Gasteiger partial charge on any atom is -0.511 e. The molecule has 1 fully saturated rings. The maximum absolute atomic E-state index is 12.8. The van der Waals surface area contributed by atoms with E-state index in [1.54, 1.807) is 0 Å². The van der Waals surface area contributed by atoms with Crippen LogP contribution in [0.5, 0.6) is 0 Å². The van der Waals surface area contributed by atoms with Crippen LogP contribution in [0.15, 0.2) is 20.8 Å². The third-order valence-electron chi connectivity index (χ3n) is 5.13. The van der Waals surface area contributed by atoms with E-state index in [1.165, 1.54) is 0 Å². The molecule has 0 atom stereocenters. The van der Waals surface area contributed by atoms with Gasteiger partial charge in [-0.1, -0.05) is 19.0 Å². The number of aryl methyl sites for hydroxylation is 2. The summed E-state index contributed by atoms with van der Waals surface area (Å²) in [6.45, 7) is 10.0. The number of allylic oxidation sites excluding steroid dienone is 2. The predicted molar refractivity (Wildman–Crippen MR) is 107 cm³/mol. The van der Waals surface area contributed by atoms with Crippen LogP contribution >= 0.6 is 0 Å². The van der Waals surface area contributed by atoms with Crippen LogP contribution in [0.4, 0.5) is 0 Å². The fourth-order valence-electron chi connectivity index (χ4n) is 4.03. The molecule has 0 amide bonds. The number of Topliss-reactive ketones (excluding diaryl/α,β-unsaturated/α-hetero) is 2. The molecule has 1 N–H and O–H groups in total. The van der Waals surface area contributed by atoms with E-state index in [2.05, 4.69) is 5.16 Å². The van der Waals surface area contributed by atoms with Crippen molar-refractivity contribution in [1.29, 1.82) is 0 Å². The van der Waals surface area contributed by atoms with Gasteiger partial charge in [-0.05, 0) is 39.0 Å². The summed E-state index contributed by atoms with van der Waals surface area (Å²) in [6, 6.07) is 0. The summed E-state index contributed by atoms with van der Waals surface area (Å²) in [5.41, 5.74) is 1.64. The number of aliphatic imine (C=N–C) groups is 1. The fourth-order valence-corrected chi connectivity index (χ4v) is 4.03. The van der Waals surface area contributed by atoms with E-state index < -0.39 is 0 Å². The molecular formula is C22H30N2O4. The molecule has 0 unspecified atom stereocenters. The van der Waals surface area contributed by atoms with Crippen LogP contribution in [0, 0.1) is 5.41 Å². The Balaban J connectivity index is 1.88. The lowest BCUT2D eigenvalue weighted by atomic mass is 9.73. The van der Waals surface area contributed by atoms with Crippen molar-refractivity contribution < 1.29 is 19.2 Å². The van der Waals surface area contributed by atoms with Crippen LogP contribution in [0.25, 0.3) is 0 Å². The number of aromatic nitrogens is 1. The van der Waals surface area contributed by atoms with E-state index in [9.17, 15) is 14.7 Å². The molecule has 6 heteroatoms. The first-order valence-electron chi connectivity index (χ1n) is 10.0. The highest BCUT2D eigenvalue weighted by Crippen LogP contribution is 2.37. The van der Waals surface area contributed by atoms with E-state index in [-0.39, 0.29) is 34.7 Å². The second-order valence-corrected chi connectivity index (χ2v) is 9.70. The first-order valence-corrected chi connectivity index (χ1v) is 10.0. The smallest absolute Gasteiger partial charge is 0.168 e. The number of aliphatic hydroxyl groups is 1. The summed E-state index contributed by atoms with van der Waals surface area (Å²) in [5.74, 6) is 0.650. The first-order chi connectivity index (χ1) is 13.0. The molecule has 0 spiro atoms. The summed E-state index contributed by atoms with van der Waals surface area (Å²) in [7, 11) is 0. The number of carbonyl (C=O) groups is 2. The van der Waals surface area contributed by atoms with Gasteiger partial charge in [-0.15, -0.1) is 0 Å². The summed E-state index contributed by atoms with van der Waals surface area (Å²) in [5, 5.41) is 14.8. The average molecular weight is 386 g/mol. The lowest BCUT2D eigenvalue weighted by Crippen LogP contribution is -2.34. The van der Waals surface area contributed by atoms with Gasteiger partial charge < -0.3 is 9.63 Å². The van der Waals surface area contributed by atoms with Gasteiger partial charge in [0.15, 0.2) is 11.6 Å². The van der Waals surface area contributed by atoms with Crippen molar-refractivity contribution in [1.82, 2.24) is 5.16 Å². The van der Waals surface area contributed by atoms with Gasteiger partial charge in [0.1, 0.15) is 11.5 Å². The molecule has 1 aromatic rings. The minimum atomic E-state index is -0.341. The highest BCUT2D eigenvalue weighted by molar-refractivity contribution is 6.24. The van der Waals surface area contributed by atoms with E-state index in [0.29, 0.717) is 54.0 Å². The number of hydrogen-bond acceptors (Lipinski definition) is 6. The Hall–Kier alpha value is -2.24. The topological polar surface area (TPSA) is 92.8 Å². The molecule has 1 saturated carbocycles. The first kappa shape index (κ1) is 20.5. The second kappa shape index (κ2) is 7.30. The van der Waals surface area contributed by atoms with Crippen LogP contribution in [0.3, 0.4) is 0 Å². The van der Waals surface area contributed by atoms with E-state index in [4.69, 9.17) is 9.52 Å². The quantitative estimate of drug-likeness (QED) is 0.607. The molecular weight excluding hydrogens is 356 g/mol. The number of nitrogens with zero attached hydrogens (tertiary/aromatic N) is 2. The van der Waals surface area contributed by atoms with E-state index >= 15 is 0 Å². The Kier molecular flexibility index (Phi) is 5.34. The van der Waals surface area contributed by atoms with Gasteiger partial charge in [-0.3, -0.25) is 14.6 Å². The molecule has 3 rings (SSSR count). The second-order valence-electron chi connectivity index (χ2n) is 9.70. The average Bonchev–Trinajstić information content (AvgIpc) is 2.94. The van der Waals surface area contributed by atoms with Gasteiger partial charge in [0.05, 0.1) is 28.1 Å². The van der Waals surface area contributed by atoms with Crippen molar-refractivity contribution in [2.24, 2.45) is 10.4 Å². The third kappa shape index (κ3) is 4.42. The summed E-state index contributed by atoms with van der Waals surface area (Å²) in [4.78, 5) is 29.7. The highest BCUT2D eigenvalue weighted by atomic mass is 16.5. The molecule has 0 saturated heterocycles. The standard InChI is InChI=1S/C22H30N2O4/c1-21(2,3)23-14-11-22(4,5)12-17(27)19(14)16(26)10-9-13-20-15(25)7-6-8-18(20)28-24-13/h26H,6-12H2,1-5H3/b19-16+,23-14?. The minimum absolute atomic E-state index is 0.0310. The highest BCUT2D eigenvalue weighted by Gasteiger charge is 2.37.